The first-order chi connectivity index (χ1) is 9.63. The summed E-state index contributed by atoms with van der Waals surface area (Å²) in [7, 11) is 1.58. The number of para-hydroxylation sites is 1. The molecule has 1 N–H and O–H groups in total. The molecular weight excluding hydrogens is 254 g/mol. The van der Waals surface area contributed by atoms with Crippen LogP contribution in [0.15, 0.2) is 24.3 Å². The van der Waals surface area contributed by atoms with E-state index in [0.29, 0.717) is 29.7 Å². The van der Waals surface area contributed by atoms with Gasteiger partial charge in [-0.2, -0.15) is 0 Å². The lowest BCUT2D eigenvalue weighted by atomic mass is 9.93. The Kier molecular flexibility index (Phi) is 5.01. The normalized spacial score (nSPS) is 22.0. The van der Waals surface area contributed by atoms with E-state index in [1.165, 1.54) is 0 Å². The van der Waals surface area contributed by atoms with E-state index in [2.05, 4.69) is 19.2 Å². The minimum atomic E-state index is -0.0862. The van der Waals surface area contributed by atoms with E-state index in [-0.39, 0.29) is 12.0 Å². The van der Waals surface area contributed by atoms with Gasteiger partial charge in [0.05, 0.1) is 18.8 Å². The molecule has 0 radical (unpaired) electrons. The van der Waals surface area contributed by atoms with E-state index in [9.17, 15) is 4.79 Å². The van der Waals surface area contributed by atoms with Crippen LogP contribution in [-0.4, -0.2) is 32.3 Å². The number of carbonyl (C=O) groups is 1. The predicted octanol–water partition coefficient (Wildman–Crippen LogP) is 2.49. The lowest BCUT2D eigenvalue weighted by molar-refractivity contribution is 0.0533. The zero-order valence-corrected chi connectivity index (χ0v) is 12.4. The highest BCUT2D eigenvalue weighted by Gasteiger charge is 2.30. The number of hydrogen-bond acceptors (Lipinski definition) is 3. The number of hydrogen-bond donors (Lipinski definition) is 1. The van der Waals surface area contributed by atoms with Gasteiger partial charge in [-0.15, -0.1) is 0 Å². The summed E-state index contributed by atoms with van der Waals surface area (Å²) in [6, 6.07) is 7.27. The standard InChI is InChI=1S/C16H23NO3/c1-11(2)15-12(8-9-20-15)10-17-16(18)13-6-4-5-7-14(13)19-3/h4-7,11-12,15H,8-10H2,1-3H3,(H,17,18)/t12-,15-/m1/s1. The molecule has 2 rings (SSSR count). The summed E-state index contributed by atoms with van der Waals surface area (Å²) >= 11 is 0. The maximum absolute atomic E-state index is 12.2. The number of ether oxygens (including phenoxy) is 2. The van der Waals surface area contributed by atoms with E-state index in [1.54, 1.807) is 19.2 Å². The van der Waals surface area contributed by atoms with E-state index >= 15 is 0 Å². The molecule has 1 aliphatic heterocycles. The van der Waals surface area contributed by atoms with Gasteiger partial charge in [-0.25, -0.2) is 0 Å². The lowest BCUT2D eigenvalue weighted by Gasteiger charge is -2.22. The molecule has 1 fully saturated rings. The Labute approximate surface area is 120 Å². The van der Waals surface area contributed by atoms with Gasteiger partial charge in [-0.05, 0) is 24.5 Å². The summed E-state index contributed by atoms with van der Waals surface area (Å²) in [5, 5.41) is 3.00. The van der Waals surface area contributed by atoms with Gasteiger partial charge in [0.1, 0.15) is 5.75 Å². The van der Waals surface area contributed by atoms with Crippen LogP contribution in [0, 0.1) is 11.8 Å². The average molecular weight is 277 g/mol. The minimum Gasteiger partial charge on any atom is -0.496 e. The average Bonchev–Trinajstić information content (AvgIpc) is 2.93. The third-order valence-corrected chi connectivity index (χ3v) is 3.80. The second-order valence-corrected chi connectivity index (χ2v) is 5.54. The van der Waals surface area contributed by atoms with Gasteiger partial charge in [-0.1, -0.05) is 26.0 Å². The third kappa shape index (κ3) is 3.31. The Morgan fingerprint density at radius 3 is 2.90 bits per heavy atom. The molecule has 1 aromatic carbocycles. The van der Waals surface area contributed by atoms with Gasteiger partial charge in [0.25, 0.3) is 5.91 Å². The summed E-state index contributed by atoms with van der Waals surface area (Å²) in [5.74, 6) is 1.39. The van der Waals surface area contributed by atoms with Gasteiger partial charge in [0.15, 0.2) is 0 Å². The minimum absolute atomic E-state index is 0.0862. The molecule has 4 heteroatoms. The highest BCUT2D eigenvalue weighted by atomic mass is 16.5. The fraction of sp³-hybridized carbons (Fsp3) is 0.562. The fourth-order valence-electron chi connectivity index (χ4n) is 2.76. The molecule has 1 aromatic rings. The van der Waals surface area contributed by atoms with Crippen LogP contribution in [0.2, 0.25) is 0 Å². The summed E-state index contributed by atoms with van der Waals surface area (Å²) in [6.07, 6.45) is 1.25. The van der Waals surface area contributed by atoms with Crippen molar-refractivity contribution in [1.82, 2.24) is 5.32 Å². The molecule has 0 unspecified atom stereocenters. The van der Waals surface area contributed by atoms with Gasteiger partial charge < -0.3 is 14.8 Å². The van der Waals surface area contributed by atoms with Crippen LogP contribution in [0.4, 0.5) is 0 Å². The molecular formula is C16H23NO3. The molecule has 4 nitrogen and oxygen atoms in total. The number of benzene rings is 1. The number of rotatable bonds is 5. The molecule has 20 heavy (non-hydrogen) atoms. The Hall–Kier alpha value is -1.55. The van der Waals surface area contributed by atoms with E-state index in [1.807, 2.05) is 12.1 Å². The van der Waals surface area contributed by atoms with E-state index in [4.69, 9.17) is 9.47 Å². The van der Waals surface area contributed by atoms with Crippen molar-refractivity contribution in [3.63, 3.8) is 0 Å². The molecule has 1 heterocycles. The number of nitrogens with one attached hydrogen (secondary N) is 1. The van der Waals surface area contributed by atoms with Crippen molar-refractivity contribution >= 4 is 5.91 Å². The molecule has 2 atom stereocenters. The molecule has 0 spiro atoms. The van der Waals surface area contributed by atoms with Crippen LogP contribution in [0.5, 0.6) is 5.75 Å². The SMILES string of the molecule is COc1ccccc1C(=O)NC[C@H]1CCO[C@@H]1C(C)C. The molecule has 1 amide bonds. The number of carbonyl (C=O) groups excluding carboxylic acids is 1. The van der Waals surface area contributed by atoms with Gasteiger partial charge >= 0.3 is 0 Å². The topological polar surface area (TPSA) is 47.6 Å². The summed E-state index contributed by atoms with van der Waals surface area (Å²) in [5.41, 5.74) is 0.579. The monoisotopic (exact) mass is 277 g/mol. The first-order valence-corrected chi connectivity index (χ1v) is 7.16. The second kappa shape index (κ2) is 6.75. The maximum Gasteiger partial charge on any atom is 0.255 e. The molecule has 0 saturated carbocycles. The third-order valence-electron chi connectivity index (χ3n) is 3.80. The van der Waals surface area contributed by atoms with Crippen molar-refractivity contribution < 1.29 is 14.3 Å². The van der Waals surface area contributed by atoms with Crippen LogP contribution >= 0.6 is 0 Å². The predicted molar refractivity (Wildman–Crippen MR) is 78.0 cm³/mol. The smallest absolute Gasteiger partial charge is 0.255 e. The van der Waals surface area contributed by atoms with Crippen molar-refractivity contribution in [1.29, 1.82) is 0 Å². The Morgan fingerprint density at radius 1 is 1.45 bits per heavy atom. The van der Waals surface area contributed by atoms with Gasteiger partial charge in [-0.3, -0.25) is 4.79 Å². The van der Waals surface area contributed by atoms with E-state index < -0.39 is 0 Å². The molecule has 1 aliphatic rings. The summed E-state index contributed by atoms with van der Waals surface area (Å²) in [4.78, 5) is 12.2. The number of methoxy groups -OCH3 is 1. The Balaban J connectivity index is 1.95. The van der Waals surface area contributed by atoms with Crippen molar-refractivity contribution in [3.05, 3.63) is 29.8 Å². The number of amides is 1. The van der Waals surface area contributed by atoms with Crippen LogP contribution in [-0.2, 0) is 4.74 Å². The molecule has 1 saturated heterocycles. The first-order valence-electron chi connectivity index (χ1n) is 7.16. The molecule has 0 aromatic heterocycles. The van der Waals surface area contributed by atoms with Crippen molar-refractivity contribution in [2.45, 2.75) is 26.4 Å². The van der Waals surface area contributed by atoms with Crippen molar-refractivity contribution in [3.8, 4) is 5.75 Å². The van der Waals surface area contributed by atoms with Gasteiger partial charge in [0, 0.05) is 19.1 Å². The maximum atomic E-state index is 12.2. The highest BCUT2D eigenvalue weighted by molar-refractivity contribution is 5.96. The van der Waals surface area contributed by atoms with E-state index in [0.717, 1.165) is 13.0 Å². The summed E-state index contributed by atoms with van der Waals surface area (Å²) < 4.78 is 10.9. The van der Waals surface area contributed by atoms with Crippen LogP contribution in [0.1, 0.15) is 30.6 Å². The quantitative estimate of drug-likeness (QED) is 0.899. The zero-order valence-electron chi connectivity index (χ0n) is 12.4. The second-order valence-electron chi connectivity index (χ2n) is 5.54. The molecule has 0 aliphatic carbocycles. The van der Waals surface area contributed by atoms with Crippen molar-refractivity contribution in [2.24, 2.45) is 11.8 Å². The lowest BCUT2D eigenvalue weighted by Crippen LogP contribution is -2.35. The summed E-state index contributed by atoms with van der Waals surface area (Å²) in [6.45, 7) is 5.76. The van der Waals surface area contributed by atoms with Crippen LogP contribution in [0.3, 0.4) is 0 Å². The van der Waals surface area contributed by atoms with Crippen LogP contribution < -0.4 is 10.1 Å². The van der Waals surface area contributed by atoms with Crippen molar-refractivity contribution in [2.75, 3.05) is 20.3 Å². The van der Waals surface area contributed by atoms with Crippen LogP contribution in [0.25, 0.3) is 0 Å². The molecule has 0 bridgehead atoms. The highest BCUT2D eigenvalue weighted by Crippen LogP contribution is 2.26. The molecule has 110 valence electrons. The first kappa shape index (κ1) is 14.9. The largest absolute Gasteiger partial charge is 0.496 e. The Bertz CT molecular complexity index is 459. The fourth-order valence-corrected chi connectivity index (χ4v) is 2.76. The Morgan fingerprint density at radius 2 is 2.20 bits per heavy atom. The van der Waals surface area contributed by atoms with Gasteiger partial charge in [0.2, 0.25) is 0 Å². The zero-order chi connectivity index (χ0) is 14.5.